The Morgan fingerprint density at radius 1 is 1.52 bits per heavy atom. The number of carboxylic acid groups (broad SMARTS) is 1. The van der Waals surface area contributed by atoms with Crippen LogP contribution in [-0.2, 0) is 14.8 Å². The average Bonchev–Trinajstić information content (AvgIpc) is 2.94. The molecule has 21 heavy (non-hydrogen) atoms. The Labute approximate surface area is 140 Å². The summed E-state index contributed by atoms with van der Waals surface area (Å²) in [4.78, 5) is 11.4. The zero-order chi connectivity index (χ0) is 15.9. The Hall–Kier alpha value is -0.0900. The van der Waals surface area contributed by atoms with Crippen molar-refractivity contribution in [3.63, 3.8) is 0 Å². The third-order valence-corrected chi connectivity index (χ3v) is 9.44. The van der Waals surface area contributed by atoms with Crippen LogP contribution in [-0.4, -0.2) is 41.0 Å². The molecule has 2 unspecified atom stereocenters. The predicted octanol–water partition coefficient (Wildman–Crippen LogP) is 2.99. The number of aryl methyl sites for hydroxylation is 1. The van der Waals surface area contributed by atoms with Gasteiger partial charge in [-0.1, -0.05) is 13.8 Å². The lowest BCUT2D eigenvalue weighted by Crippen LogP contribution is -2.46. The van der Waals surface area contributed by atoms with Crippen LogP contribution >= 0.6 is 39.0 Å². The van der Waals surface area contributed by atoms with Crippen LogP contribution in [0.25, 0.3) is 0 Å². The molecule has 0 aliphatic carbocycles. The summed E-state index contributed by atoms with van der Waals surface area (Å²) in [6, 6.07) is 0.581. The van der Waals surface area contributed by atoms with Gasteiger partial charge in [0.1, 0.15) is 10.3 Å². The molecule has 1 aliphatic rings. The van der Waals surface area contributed by atoms with Gasteiger partial charge >= 0.3 is 5.97 Å². The van der Waals surface area contributed by atoms with Gasteiger partial charge in [-0.25, -0.2) is 8.42 Å². The molecule has 118 valence electrons. The molecule has 1 fully saturated rings. The maximum Gasteiger partial charge on any atom is 0.322 e. The van der Waals surface area contributed by atoms with Crippen LogP contribution in [0.4, 0.5) is 0 Å². The molecular formula is C12H16BrNO4S3. The van der Waals surface area contributed by atoms with Crippen LogP contribution < -0.4 is 0 Å². The van der Waals surface area contributed by atoms with Crippen molar-refractivity contribution >= 4 is 55.0 Å². The van der Waals surface area contributed by atoms with Crippen LogP contribution in [0, 0.1) is 12.8 Å². The fourth-order valence-electron chi connectivity index (χ4n) is 2.15. The van der Waals surface area contributed by atoms with E-state index >= 15 is 0 Å². The number of thiophene rings is 1. The zero-order valence-corrected chi connectivity index (χ0v) is 15.8. The first-order chi connectivity index (χ1) is 9.66. The van der Waals surface area contributed by atoms with Gasteiger partial charge < -0.3 is 5.11 Å². The molecule has 1 aromatic heterocycles. The second kappa shape index (κ2) is 6.19. The predicted molar refractivity (Wildman–Crippen MR) is 88.3 cm³/mol. The van der Waals surface area contributed by atoms with Crippen LogP contribution in [0.2, 0.25) is 0 Å². The van der Waals surface area contributed by atoms with Crippen molar-refractivity contribution in [1.29, 1.82) is 0 Å². The van der Waals surface area contributed by atoms with Crippen molar-refractivity contribution in [1.82, 2.24) is 4.31 Å². The highest BCUT2D eigenvalue weighted by molar-refractivity contribution is 9.11. The number of rotatable bonds is 4. The van der Waals surface area contributed by atoms with E-state index in [1.807, 2.05) is 20.8 Å². The van der Waals surface area contributed by atoms with E-state index in [2.05, 4.69) is 15.9 Å². The highest BCUT2D eigenvalue weighted by atomic mass is 79.9. The maximum absolute atomic E-state index is 12.9. The van der Waals surface area contributed by atoms with Gasteiger partial charge in [-0.3, -0.25) is 4.79 Å². The molecule has 0 aromatic carbocycles. The highest BCUT2D eigenvalue weighted by Gasteiger charge is 2.47. The molecule has 1 N–H and O–H groups in total. The van der Waals surface area contributed by atoms with Crippen molar-refractivity contribution in [3.05, 3.63) is 15.4 Å². The Morgan fingerprint density at radius 2 is 2.14 bits per heavy atom. The number of sulfonamides is 1. The second-order valence-corrected chi connectivity index (χ2v) is 10.8. The zero-order valence-electron chi connectivity index (χ0n) is 11.7. The molecule has 2 atom stereocenters. The van der Waals surface area contributed by atoms with E-state index in [0.717, 1.165) is 20.7 Å². The van der Waals surface area contributed by atoms with Gasteiger partial charge in [-0.05, 0) is 40.4 Å². The van der Waals surface area contributed by atoms with Crippen molar-refractivity contribution in [2.75, 3.05) is 5.75 Å². The van der Waals surface area contributed by atoms with Crippen molar-refractivity contribution in [2.24, 2.45) is 5.92 Å². The first-order valence-electron chi connectivity index (χ1n) is 6.30. The summed E-state index contributed by atoms with van der Waals surface area (Å²) in [6.45, 7) is 5.62. The molecule has 1 saturated heterocycles. The number of hydrogen-bond donors (Lipinski definition) is 1. The minimum absolute atomic E-state index is 0.0404. The Kier molecular flexibility index (Phi) is 5.09. The fourth-order valence-corrected chi connectivity index (χ4v) is 8.20. The minimum Gasteiger partial charge on any atom is -0.480 e. The second-order valence-electron chi connectivity index (χ2n) is 5.18. The van der Waals surface area contributed by atoms with Crippen molar-refractivity contribution < 1.29 is 18.3 Å². The lowest BCUT2D eigenvalue weighted by atomic mass is 10.2. The van der Waals surface area contributed by atoms with Gasteiger partial charge in [0.2, 0.25) is 0 Å². The molecule has 0 spiro atoms. The van der Waals surface area contributed by atoms with E-state index in [9.17, 15) is 18.3 Å². The highest BCUT2D eigenvalue weighted by Crippen LogP contribution is 2.41. The van der Waals surface area contributed by atoms with Crippen LogP contribution in [0.5, 0.6) is 0 Å². The Morgan fingerprint density at radius 3 is 2.57 bits per heavy atom. The van der Waals surface area contributed by atoms with Crippen LogP contribution in [0.3, 0.4) is 0 Å². The fraction of sp³-hybridized carbons (Fsp3) is 0.583. The van der Waals surface area contributed by atoms with Gasteiger partial charge in [0.15, 0.2) is 0 Å². The molecule has 0 radical (unpaired) electrons. The van der Waals surface area contributed by atoms with Gasteiger partial charge in [-0.2, -0.15) is 4.31 Å². The topological polar surface area (TPSA) is 74.7 Å². The van der Waals surface area contributed by atoms with E-state index in [-0.39, 0.29) is 21.3 Å². The summed E-state index contributed by atoms with van der Waals surface area (Å²) < 4.78 is 27.8. The van der Waals surface area contributed by atoms with Crippen molar-refractivity contribution in [2.45, 2.75) is 36.4 Å². The standard InChI is InChI=1S/C12H16BrNO4S3/c1-6(2)11-14(8(5-19-11)12(15)16)21(17,18)9-4-7(3)10(13)20-9/h4,6,8,11H,5H2,1-3H3,(H,15,16). The molecule has 5 nitrogen and oxygen atoms in total. The van der Waals surface area contributed by atoms with E-state index in [4.69, 9.17) is 0 Å². The van der Waals surface area contributed by atoms with Crippen molar-refractivity contribution in [3.8, 4) is 0 Å². The molecule has 0 bridgehead atoms. The molecule has 2 heterocycles. The molecule has 0 saturated carbocycles. The summed E-state index contributed by atoms with van der Waals surface area (Å²) in [5.74, 6) is -0.775. The number of carbonyl (C=O) groups is 1. The molecule has 1 aliphatic heterocycles. The number of carboxylic acids is 1. The molecular weight excluding hydrogens is 398 g/mol. The first-order valence-corrected chi connectivity index (χ1v) is 10.4. The summed E-state index contributed by atoms with van der Waals surface area (Å²) in [5, 5.41) is 8.98. The molecule has 9 heteroatoms. The van der Waals surface area contributed by atoms with Gasteiger partial charge in [-0.15, -0.1) is 23.1 Å². The van der Waals surface area contributed by atoms with E-state index in [1.165, 1.54) is 16.1 Å². The van der Waals surface area contributed by atoms with E-state index in [0.29, 0.717) is 0 Å². The monoisotopic (exact) mass is 413 g/mol. The van der Waals surface area contributed by atoms with Gasteiger partial charge in [0.25, 0.3) is 10.0 Å². The summed E-state index contributed by atoms with van der Waals surface area (Å²) in [7, 11) is -3.81. The van der Waals surface area contributed by atoms with E-state index < -0.39 is 22.0 Å². The molecule has 1 aromatic rings. The smallest absolute Gasteiger partial charge is 0.322 e. The third kappa shape index (κ3) is 3.17. The molecule has 0 amide bonds. The maximum atomic E-state index is 12.9. The number of halogens is 1. The first kappa shape index (κ1) is 17.3. The number of aliphatic carboxylic acids is 1. The number of nitrogens with zero attached hydrogens (tertiary/aromatic N) is 1. The number of hydrogen-bond acceptors (Lipinski definition) is 5. The quantitative estimate of drug-likeness (QED) is 0.820. The summed E-state index contributed by atoms with van der Waals surface area (Å²) >= 11 is 5.83. The summed E-state index contributed by atoms with van der Waals surface area (Å²) in [6.07, 6.45) is 0. The van der Waals surface area contributed by atoms with Crippen LogP contribution in [0.15, 0.2) is 14.1 Å². The normalized spacial score (nSPS) is 23.9. The molecule has 2 rings (SSSR count). The number of thioether (sulfide) groups is 1. The lowest BCUT2D eigenvalue weighted by molar-refractivity contribution is -0.140. The third-order valence-electron chi connectivity index (χ3n) is 3.20. The Bertz CT molecular complexity index is 636. The minimum atomic E-state index is -3.81. The Balaban J connectivity index is 2.49. The lowest BCUT2D eigenvalue weighted by Gasteiger charge is -2.28. The summed E-state index contributed by atoms with van der Waals surface area (Å²) in [5.41, 5.74) is 0.832. The largest absolute Gasteiger partial charge is 0.480 e. The van der Waals surface area contributed by atoms with Gasteiger partial charge in [0.05, 0.1) is 9.16 Å². The average molecular weight is 414 g/mol. The van der Waals surface area contributed by atoms with Crippen LogP contribution in [0.1, 0.15) is 19.4 Å². The van der Waals surface area contributed by atoms with Gasteiger partial charge in [0, 0.05) is 5.75 Å². The SMILES string of the molecule is Cc1cc(S(=O)(=O)N2C(C(=O)O)CSC2C(C)C)sc1Br. The van der Waals surface area contributed by atoms with E-state index in [1.54, 1.807) is 6.07 Å².